The second-order valence-electron chi connectivity index (χ2n) is 2.80. The quantitative estimate of drug-likeness (QED) is 0.526. The van der Waals surface area contributed by atoms with E-state index in [4.69, 9.17) is 5.11 Å². The van der Waals surface area contributed by atoms with Crippen LogP contribution in [0.2, 0.25) is 0 Å². The molecule has 0 spiro atoms. The van der Waals surface area contributed by atoms with E-state index in [0.29, 0.717) is 12.6 Å². The van der Waals surface area contributed by atoms with E-state index in [0.717, 1.165) is 0 Å². The fourth-order valence-corrected chi connectivity index (χ4v) is 0.939. The van der Waals surface area contributed by atoms with Crippen LogP contribution in [0, 0.1) is 11.8 Å². The molecule has 0 aliphatic carbocycles. The lowest BCUT2D eigenvalue weighted by molar-refractivity contribution is -0.120. The molecule has 4 nitrogen and oxygen atoms in total. The molecule has 0 heterocycles. The third-order valence-electron chi connectivity index (χ3n) is 1.83. The molecule has 0 aromatic carbocycles. The van der Waals surface area contributed by atoms with Crippen LogP contribution in [0.3, 0.4) is 0 Å². The Morgan fingerprint density at radius 3 is 2.25 bits per heavy atom. The van der Waals surface area contributed by atoms with E-state index >= 15 is 0 Å². The molecule has 0 bridgehead atoms. The average molecular weight is 174 g/mol. The minimum atomic E-state index is -0.979. The number of carbonyl (C=O) groups is 2. The minimum absolute atomic E-state index is 0.161. The van der Waals surface area contributed by atoms with Crippen LogP contribution in [0.25, 0.3) is 0 Å². The minimum Gasteiger partial charge on any atom is -0.396 e. The van der Waals surface area contributed by atoms with Crippen LogP contribution in [0.15, 0.2) is 0 Å². The van der Waals surface area contributed by atoms with Gasteiger partial charge in [0.1, 0.15) is 12.6 Å². The standard InChI is InChI=1S/C8H14O4/c1-6(4-10)8(12)7(5-11)2-3-9/h4-9,12H,2-3H2,1H3. The van der Waals surface area contributed by atoms with E-state index in [2.05, 4.69) is 0 Å². The maximum atomic E-state index is 10.4. The predicted molar refractivity (Wildman–Crippen MR) is 42.5 cm³/mol. The molecule has 3 atom stereocenters. The first-order valence-corrected chi connectivity index (χ1v) is 3.86. The Labute approximate surface area is 71.2 Å². The van der Waals surface area contributed by atoms with Gasteiger partial charge in [-0.2, -0.15) is 0 Å². The molecule has 2 N–H and O–H groups in total. The third kappa shape index (κ3) is 3.11. The van der Waals surface area contributed by atoms with Crippen LogP contribution in [-0.2, 0) is 9.59 Å². The van der Waals surface area contributed by atoms with E-state index in [1.807, 2.05) is 0 Å². The zero-order valence-corrected chi connectivity index (χ0v) is 7.01. The molecule has 0 aliphatic rings. The number of hydrogen-bond donors (Lipinski definition) is 2. The van der Waals surface area contributed by atoms with Gasteiger partial charge in [-0.15, -0.1) is 0 Å². The number of hydrogen-bond acceptors (Lipinski definition) is 4. The molecule has 0 amide bonds. The van der Waals surface area contributed by atoms with Gasteiger partial charge in [0.05, 0.1) is 6.10 Å². The first-order valence-electron chi connectivity index (χ1n) is 3.86. The number of rotatable bonds is 6. The molecule has 70 valence electrons. The van der Waals surface area contributed by atoms with Gasteiger partial charge in [-0.3, -0.25) is 0 Å². The van der Waals surface area contributed by atoms with E-state index < -0.39 is 17.9 Å². The van der Waals surface area contributed by atoms with Gasteiger partial charge in [0.25, 0.3) is 0 Å². The Bertz CT molecular complexity index is 146. The van der Waals surface area contributed by atoms with E-state index in [9.17, 15) is 14.7 Å². The molecule has 12 heavy (non-hydrogen) atoms. The Morgan fingerprint density at radius 1 is 1.33 bits per heavy atom. The molecular formula is C8H14O4. The number of aldehydes is 2. The molecule has 0 saturated carbocycles. The molecule has 4 heteroatoms. The Hall–Kier alpha value is -0.740. The van der Waals surface area contributed by atoms with E-state index in [1.54, 1.807) is 0 Å². The van der Waals surface area contributed by atoms with Crippen LogP contribution in [0.1, 0.15) is 13.3 Å². The van der Waals surface area contributed by atoms with Crippen molar-refractivity contribution in [1.29, 1.82) is 0 Å². The van der Waals surface area contributed by atoms with Gasteiger partial charge >= 0.3 is 0 Å². The third-order valence-corrected chi connectivity index (χ3v) is 1.83. The molecule has 0 aliphatic heterocycles. The van der Waals surface area contributed by atoms with E-state index in [-0.39, 0.29) is 13.0 Å². The summed E-state index contributed by atoms with van der Waals surface area (Å²) in [5, 5.41) is 17.8. The zero-order valence-electron chi connectivity index (χ0n) is 7.01. The van der Waals surface area contributed by atoms with E-state index in [1.165, 1.54) is 6.92 Å². The molecule has 0 rings (SSSR count). The SMILES string of the molecule is CC(C=O)C(O)C(C=O)CCO. The molecular weight excluding hydrogens is 160 g/mol. The smallest absolute Gasteiger partial charge is 0.125 e. The van der Waals surface area contributed by atoms with Crippen molar-refractivity contribution in [1.82, 2.24) is 0 Å². The second kappa shape index (κ2) is 5.85. The summed E-state index contributed by atoms with van der Waals surface area (Å²) >= 11 is 0. The molecule has 0 radical (unpaired) electrons. The van der Waals surface area contributed by atoms with Crippen LogP contribution in [-0.4, -0.2) is 35.5 Å². The zero-order chi connectivity index (χ0) is 9.56. The normalized spacial score (nSPS) is 17.9. The Kier molecular flexibility index (Phi) is 5.49. The maximum absolute atomic E-state index is 10.4. The van der Waals surface area contributed by atoms with Crippen molar-refractivity contribution < 1.29 is 19.8 Å². The lowest BCUT2D eigenvalue weighted by Crippen LogP contribution is -2.30. The highest BCUT2D eigenvalue weighted by Crippen LogP contribution is 2.12. The van der Waals surface area contributed by atoms with Gasteiger partial charge in [-0.1, -0.05) is 6.92 Å². The molecule has 0 aromatic heterocycles. The van der Waals surface area contributed by atoms with Crippen molar-refractivity contribution in [2.75, 3.05) is 6.61 Å². The summed E-state index contributed by atoms with van der Waals surface area (Å²) in [6, 6.07) is 0. The maximum Gasteiger partial charge on any atom is 0.125 e. The first-order chi connectivity index (χ1) is 5.67. The van der Waals surface area contributed by atoms with Crippen LogP contribution < -0.4 is 0 Å². The molecule has 0 saturated heterocycles. The highest BCUT2D eigenvalue weighted by Gasteiger charge is 2.23. The van der Waals surface area contributed by atoms with Crippen molar-refractivity contribution in [2.45, 2.75) is 19.4 Å². The first kappa shape index (κ1) is 11.3. The van der Waals surface area contributed by atoms with Gasteiger partial charge in [-0.05, 0) is 6.42 Å². The summed E-state index contributed by atoms with van der Waals surface area (Å²) in [5.41, 5.74) is 0. The number of aliphatic hydroxyl groups excluding tert-OH is 2. The summed E-state index contributed by atoms with van der Waals surface area (Å²) in [6.45, 7) is 1.37. The van der Waals surface area contributed by atoms with Gasteiger partial charge in [-0.25, -0.2) is 0 Å². The predicted octanol–water partition coefficient (Wildman–Crippen LogP) is -0.620. The average Bonchev–Trinajstić information content (AvgIpc) is 2.11. The Balaban J connectivity index is 4.09. The van der Waals surface area contributed by atoms with Gasteiger partial charge < -0.3 is 19.8 Å². The van der Waals surface area contributed by atoms with Gasteiger partial charge in [0.2, 0.25) is 0 Å². The summed E-state index contributed by atoms with van der Waals surface area (Å²) in [4.78, 5) is 20.6. The fourth-order valence-electron chi connectivity index (χ4n) is 0.939. The highest BCUT2D eigenvalue weighted by molar-refractivity contribution is 5.59. The summed E-state index contributed by atoms with van der Waals surface area (Å²) in [5.74, 6) is -1.21. The number of aliphatic hydroxyl groups is 2. The largest absolute Gasteiger partial charge is 0.396 e. The van der Waals surface area contributed by atoms with Gasteiger partial charge in [0.15, 0.2) is 0 Å². The van der Waals surface area contributed by atoms with Crippen molar-refractivity contribution in [3.05, 3.63) is 0 Å². The molecule has 3 unspecified atom stereocenters. The fraction of sp³-hybridized carbons (Fsp3) is 0.750. The molecule has 0 fully saturated rings. The summed E-state index contributed by atoms with van der Waals surface area (Å²) < 4.78 is 0. The van der Waals surface area contributed by atoms with Crippen molar-refractivity contribution in [2.24, 2.45) is 11.8 Å². The second-order valence-corrected chi connectivity index (χ2v) is 2.80. The summed E-state index contributed by atoms with van der Waals surface area (Å²) in [7, 11) is 0. The Morgan fingerprint density at radius 2 is 1.92 bits per heavy atom. The lowest BCUT2D eigenvalue weighted by atomic mass is 9.92. The van der Waals surface area contributed by atoms with Crippen LogP contribution in [0.5, 0.6) is 0 Å². The number of carbonyl (C=O) groups excluding carboxylic acids is 2. The van der Waals surface area contributed by atoms with Crippen molar-refractivity contribution in [3.8, 4) is 0 Å². The summed E-state index contributed by atoms with van der Waals surface area (Å²) in [6.07, 6.45) is 0.384. The van der Waals surface area contributed by atoms with Crippen LogP contribution >= 0.6 is 0 Å². The lowest BCUT2D eigenvalue weighted by Gasteiger charge is -2.18. The van der Waals surface area contributed by atoms with Crippen molar-refractivity contribution >= 4 is 12.6 Å². The molecule has 0 aromatic rings. The topological polar surface area (TPSA) is 74.6 Å². The van der Waals surface area contributed by atoms with Gasteiger partial charge in [0, 0.05) is 18.4 Å². The monoisotopic (exact) mass is 174 g/mol. The van der Waals surface area contributed by atoms with Crippen molar-refractivity contribution in [3.63, 3.8) is 0 Å². The van der Waals surface area contributed by atoms with Crippen LogP contribution in [0.4, 0.5) is 0 Å². The highest BCUT2D eigenvalue weighted by atomic mass is 16.3.